The molecule has 0 saturated heterocycles. The van der Waals surface area contributed by atoms with E-state index >= 15 is 0 Å². The van der Waals surface area contributed by atoms with Crippen molar-refractivity contribution in [3.05, 3.63) is 54.6 Å². The highest BCUT2D eigenvalue weighted by Gasteiger charge is 2.23. The standard InChI is InChI=1S/C19H24N2O5S/c1-15(14-26-18-12-8-7-11-17(18)25-3)20-19(22)13-21(2)27(23,24)16-9-5-4-6-10-16/h4-12,15H,13-14H2,1-3H3,(H,20,22). The summed E-state index contributed by atoms with van der Waals surface area (Å²) in [5.41, 5.74) is 0. The van der Waals surface area contributed by atoms with Gasteiger partial charge in [0, 0.05) is 7.05 Å². The fourth-order valence-electron chi connectivity index (χ4n) is 2.37. The third-order valence-electron chi connectivity index (χ3n) is 3.78. The first kappa shape index (κ1) is 20.7. The highest BCUT2D eigenvalue weighted by atomic mass is 32.2. The highest BCUT2D eigenvalue weighted by molar-refractivity contribution is 7.89. The zero-order valence-corrected chi connectivity index (χ0v) is 16.4. The second kappa shape index (κ2) is 9.38. The maximum atomic E-state index is 12.4. The first-order valence-electron chi connectivity index (χ1n) is 8.41. The smallest absolute Gasteiger partial charge is 0.243 e. The summed E-state index contributed by atoms with van der Waals surface area (Å²) >= 11 is 0. The van der Waals surface area contributed by atoms with Crippen LogP contribution in [0.5, 0.6) is 11.5 Å². The number of carbonyl (C=O) groups is 1. The van der Waals surface area contributed by atoms with Crippen LogP contribution in [0.2, 0.25) is 0 Å². The number of likely N-dealkylation sites (N-methyl/N-ethyl adjacent to an activating group) is 1. The van der Waals surface area contributed by atoms with Crippen LogP contribution in [0, 0.1) is 0 Å². The molecule has 0 aromatic heterocycles. The van der Waals surface area contributed by atoms with Crippen molar-refractivity contribution >= 4 is 15.9 Å². The predicted octanol–water partition coefficient (Wildman–Crippen LogP) is 1.90. The molecule has 2 rings (SSSR count). The van der Waals surface area contributed by atoms with E-state index in [0.29, 0.717) is 11.5 Å². The molecule has 1 unspecified atom stereocenters. The van der Waals surface area contributed by atoms with Gasteiger partial charge in [-0.2, -0.15) is 4.31 Å². The number of hydrogen-bond donors (Lipinski definition) is 1. The van der Waals surface area contributed by atoms with E-state index in [9.17, 15) is 13.2 Å². The summed E-state index contributed by atoms with van der Waals surface area (Å²) in [5, 5.41) is 2.73. The molecule has 0 fully saturated rings. The fourth-order valence-corrected chi connectivity index (χ4v) is 3.52. The molecule has 0 aliphatic rings. The minimum absolute atomic E-state index is 0.146. The monoisotopic (exact) mass is 392 g/mol. The molecule has 1 amide bonds. The molecule has 8 heteroatoms. The topological polar surface area (TPSA) is 84.9 Å². The Kier molecular flexibility index (Phi) is 7.20. The highest BCUT2D eigenvalue weighted by Crippen LogP contribution is 2.25. The van der Waals surface area contributed by atoms with Gasteiger partial charge in [-0.25, -0.2) is 8.42 Å². The zero-order chi connectivity index (χ0) is 19.9. The Morgan fingerprint density at radius 3 is 2.30 bits per heavy atom. The SMILES string of the molecule is COc1ccccc1OCC(C)NC(=O)CN(C)S(=O)(=O)c1ccccc1. The number of benzene rings is 2. The molecule has 0 saturated carbocycles. The number of rotatable bonds is 9. The Morgan fingerprint density at radius 1 is 1.07 bits per heavy atom. The number of methoxy groups -OCH3 is 1. The van der Waals surface area contributed by atoms with Crippen LogP contribution in [0.4, 0.5) is 0 Å². The number of amides is 1. The first-order valence-corrected chi connectivity index (χ1v) is 9.85. The minimum Gasteiger partial charge on any atom is -0.493 e. The van der Waals surface area contributed by atoms with Crippen LogP contribution in [-0.2, 0) is 14.8 Å². The number of nitrogens with zero attached hydrogens (tertiary/aromatic N) is 1. The lowest BCUT2D eigenvalue weighted by Gasteiger charge is -2.20. The van der Waals surface area contributed by atoms with E-state index in [0.717, 1.165) is 4.31 Å². The van der Waals surface area contributed by atoms with Gasteiger partial charge in [0.1, 0.15) is 6.61 Å². The van der Waals surface area contributed by atoms with Crippen LogP contribution in [0.3, 0.4) is 0 Å². The summed E-state index contributed by atoms with van der Waals surface area (Å²) in [6.45, 7) is 1.72. The third kappa shape index (κ3) is 5.70. The Morgan fingerprint density at radius 2 is 1.67 bits per heavy atom. The molecule has 7 nitrogen and oxygen atoms in total. The van der Waals surface area contributed by atoms with Crippen molar-refractivity contribution in [1.29, 1.82) is 0 Å². The molecule has 27 heavy (non-hydrogen) atoms. The second-order valence-electron chi connectivity index (χ2n) is 6.00. The summed E-state index contributed by atoms with van der Waals surface area (Å²) in [6, 6.07) is 14.9. The Labute approximate surface area is 160 Å². The summed E-state index contributed by atoms with van der Waals surface area (Å²) < 4.78 is 36.8. The van der Waals surface area contributed by atoms with Crippen LogP contribution in [0.1, 0.15) is 6.92 Å². The normalized spacial score (nSPS) is 12.4. The van der Waals surface area contributed by atoms with Gasteiger partial charge in [0.15, 0.2) is 11.5 Å². The Balaban J connectivity index is 1.87. The van der Waals surface area contributed by atoms with Gasteiger partial charge in [-0.3, -0.25) is 4.79 Å². The van der Waals surface area contributed by atoms with Crippen molar-refractivity contribution in [2.45, 2.75) is 17.9 Å². The molecule has 1 N–H and O–H groups in total. The van der Waals surface area contributed by atoms with Crippen molar-refractivity contribution in [2.75, 3.05) is 27.3 Å². The van der Waals surface area contributed by atoms with E-state index in [2.05, 4.69) is 5.32 Å². The van der Waals surface area contributed by atoms with E-state index < -0.39 is 15.9 Å². The van der Waals surface area contributed by atoms with Crippen LogP contribution in [-0.4, -0.2) is 52.0 Å². The third-order valence-corrected chi connectivity index (χ3v) is 5.60. The average molecular weight is 392 g/mol. The molecule has 2 aromatic rings. The van der Waals surface area contributed by atoms with Gasteiger partial charge >= 0.3 is 0 Å². The molecule has 146 valence electrons. The van der Waals surface area contributed by atoms with E-state index in [1.165, 1.54) is 19.2 Å². The molecular weight excluding hydrogens is 368 g/mol. The molecular formula is C19H24N2O5S. The largest absolute Gasteiger partial charge is 0.493 e. The maximum absolute atomic E-state index is 12.4. The molecule has 0 bridgehead atoms. The first-order chi connectivity index (χ1) is 12.8. The van der Waals surface area contributed by atoms with Crippen molar-refractivity contribution in [1.82, 2.24) is 9.62 Å². The Hall–Kier alpha value is -2.58. The second-order valence-corrected chi connectivity index (χ2v) is 8.05. The van der Waals surface area contributed by atoms with Crippen molar-refractivity contribution in [3.63, 3.8) is 0 Å². The lowest BCUT2D eigenvalue weighted by molar-refractivity contribution is -0.121. The van der Waals surface area contributed by atoms with Crippen molar-refractivity contribution < 1.29 is 22.7 Å². The number of para-hydroxylation sites is 2. The number of ether oxygens (including phenoxy) is 2. The quantitative estimate of drug-likeness (QED) is 0.705. The number of carbonyl (C=O) groups excluding carboxylic acids is 1. The van der Waals surface area contributed by atoms with E-state index in [1.807, 2.05) is 12.1 Å². The molecule has 1 atom stereocenters. The summed E-state index contributed by atoms with van der Waals surface area (Å²) in [6.07, 6.45) is 0. The van der Waals surface area contributed by atoms with Gasteiger partial charge in [0.2, 0.25) is 15.9 Å². The van der Waals surface area contributed by atoms with E-state index in [4.69, 9.17) is 9.47 Å². The average Bonchev–Trinajstić information content (AvgIpc) is 2.67. The van der Waals surface area contributed by atoms with Gasteiger partial charge in [-0.15, -0.1) is 0 Å². The lowest BCUT2D eigenvalue weighted by Crippen LogP contribution is -2.43. The minimum atomic E-state index is -3.71. The van der Waals surface area contributed by atoms with Gasteiger partial charge < -0.3 is 14.8 Å². The van der Waals surface area contributed by atoms with Crippen LogP contribution in [0.15, 0.2) is 59.5 Å². The molecule has 0 spiro atoms. The molecule has 0 heterocycles. The number of hydrogen-bond acceptors (Lipinski definition) is 5. The number of sulfonamides is 1. The fraction of sp³-hybridized carbons (Fsp3) is 0.316. The lowest BCUT2D eigenvalue weighted by atomic mass is 10.3. The number of nitrogens with one attached hydrogen (secondary N) is 1. The molecule has 2 aromatic carbocycles. The van der Waals surface area contributed by atoms with Crippen LogP contribution < -0.4 is 14.8 Å². The van der Waals surface area contributed by atoms with Crippen LogP contribution in [0.25, 0.3) is 0 Å². The Bertz CT molecular complexity index is 855. The van der Waals surface area contributed by atoms with Crippen LogP contribution >= 0.6 is 0 Å². The zero-order valence-electron chi connectivity index (χ0n) is 15.6. The summed E-state index contributed by atoms with van der Waals surface area (Å²) in [7, 11) is -0.784. The van der Waals surface area contributed by atoms with Gasteiger partial charge in [-0.1, -0.05) is 30.3 Å². The van der Waals surface area contributed by atoms with E-state index in [1.54, 1.807) is 44.4 Å². The van der Waals surface area contributed by atoms with Gasteiger partial charge in [0.05, 0.1) is 24.6 Å². The van der Waals surface area contributed by atoms with Gasteiger partial charge in [-0.05, 0) is 31.2 Å². The predicted molar refractivity (Wildman–Crippen MR) is 102 cm³/mol. The molecule has 0 aliphatic heterocycles. The van der Waals surface area contributed by atoms with Gasteiger partial charge in [0.25, 0.3) is 0 Å². The van der Waals surface area contributed by atoms with E-state index in [-0.39, 0.29) is 24.1 Å². The molecule has 0 radical (unpaired) electrons. The van der Waals surface area contributed by atoms with Crippen molar-refractivity contribution in [3.8, 4) is 11.5 Å². The maximum Gasteiger partial charge on any atom is 0.243 e. The van der Waals surface area contributed by atoms with Crippen molar-refractivity contribution in [2.24, 2.45) is 0 Å². The summed E-state index contributed by atoms with van der Waals surface area (Å²) in [5.74, 6) is 0.766. The molecule has 0 aliphatic carbocycles. The summed E-state index contributed by atoms with van der Waals surface area (Å²) in [4.78, 5) is 12.3.